The van der Waals surface area contributed by atoms with Crippen LogP contribution in [-0.4, -0.2) is 23.4 Å². The van der Waals surface area contributed by atoms with Gasteiger partial charge in [-0.15, -0.1) is 0 Å². The number of nitrogens with zero attached hydrogens (tertiary/aromatic N) is 2. The van der Waals surface area contributed by atoms with Crippen molar-refractivity contribution in [2.24, 2.45) is 5.73 Å². The van der Waals surface area contributed by atoms with Gasteiger partial charge in [0.15, 0.2) is 0 Å². The number of rotatable bonds is 4. The molecule has 0 saturated carbocycles. The fraction of sp³-hybridized carbons (Fsp3) is 0.455. The summed E-state index contributed by atoms with van der Waals surface area (Å²) in [6, 6.07) is 4.22. The first-order valence-electron chi connectivity index (χ1n) is 5.13. The van der Waals surface area contributed by atoms with Crippen LogP contribution in [0.25, 0.3) is 0 Å². The van der Waals surface area contributed by atoms with Crippen molar-refractivity contribution >= 4 is 11.5 Å². The van der Waals surface area contributed by atoms with Gasteiger partial charge < -0.3 is 10.6 Å². The monoisotopic (exact) mass is 206 g/mol. The van der Waals surface area contributed by atoms with Gasteiger partial charge >= 0.3 is 0 Å². The summed E-state index contributed by atoms with van der Waals surface area (Å²) in [6.07, 6.45) is 1.69. The molecule has 15 heavy (non-hydrogen) atoms. The molecule has 1 aromatic rings. The molecule has 0 spiro atoms. The molecule has 4 nitrogen and oxygen atoms in total. The molecule has 0 aliphatic carbocycles. The third-order valence-electron chi connectivity index (χ3n) is 2.32. The van der Waals surface area contributed by atoms with E-state index in [0.29, 0.717) is 11.7 Å². The Morgan fingerprint density at radius 3 is 2.73 bits per heavy atom. The number of aromatic nitrogens is 1. The first kappa shape index (κ1) is 11.5. The number of hydrogen-bond donors (Lipinski definition) is 2. The Balaban J connectivity index is 3.03. The van der Waals surface area contributed by atoms with Gasteiger partial charge in [-0.1, -0.05) is 0 Å². The minimum absolute atomic E-state index is 0.0108. The molecular weight excluding hydrogens is 188 g/mol. The van der Waals surface area contributed by atoms with E-state index in [1.165, 1.54) is 0 Å². The predicted octanol–water partition coefficient (Wildman–Crippen LogP) is 1.60. The fourth-order valence-electron chi connectivity index (χ4n) is 1.59. The maximum Gasteiger partial charge on any atom is 0.141 e. The normalized spacial score (nSPS) is 10.4. The summed E-state index contributed by atoms with van der Waals surface area (Å²) in [5, 5.41) is 7.33. The van der Waals surface area contributed by atoms with E-state index in [-0.39, 0.29) is 5.84 Å². The molecule has 0 amide bonds. The zero-order valence-corrected chi connectivity index (χ0v) is 9.49. The number of pyridine rings is 1. The maximum atomic E-state index is 7.33. The topological polar surface area (TPSA) is 66.0 Å². The predicted molar refractivity (Wildman–Crippen MR) is 63.4 cm³/mol. The number of anilines is 1. The van der Waals surface area contributed by atoms with Gasteiger partial charge in [-0.3, -0.25) is 10.4 Å². The van der Waals surface area contributed by atoms with E-state index in [1.807, 2.05) is 12.1 Å². The van der Waals surface area contributed by atoms with E-state index < -0.39 is 0 Å². The van der Waals surface area contributed by atoms with Crippen LogP contribution in [-0.2, 0) is 0 Å². The maximum absolute atomic E-state index is 7.33. The zero-order valence-electron chi connectivity index (χ0n) is 9.49. The zero-order chi connectivity index (χ0) is 11.4. The van der Waals surface area contributed by atoms with E-state index >= 15 is 0 Å². The van der Waals surface area contributed by atoms with E-state index in [1.54, 1.807) is 6.20 Å². The molecule has 0 unspecified atom stereocenters. The Bertz CT molecular complexity index is 346. The van der Waals surface area contributed by atoms with Crippen molar-refractivity contribution < 1.29 is 0 Å². The molecule has 4 heteroatoms. The summed E-state index contributed by atoms with van der Waals surface area (Å²) in [7, 11) is 0. The number of amidine groups is 1. The lowest BCUT2D eigenvalue weighted by Gasteiger charge is -2.27. The standard InChI is InChI=1S/C11H18N4/c1-4-15(8(2)3)9-5-6-14-10(7-9)11(12)13/h5-8H,4H2,1-3H3,(H3,12,13). The molecule has 0 saturated heterocycles. The summed E-state index contributed by atoms with van der Waals surface area (Å²) >= 11 is 0. The second-order valence-corrected chi connectivity index (χ2v) is 3.69. The van der Waals surface area contributed by atoms with E-state index in [0.717, 1.165) is 12.2 Å². The minimum atomic E-state index is 0.0108. The molecule has 1 aromatic heterocycles. The Kier molecular flexibility index (Phi) is 3.66. The highest BCUT2D eigenvalue weighted by atomic mass is 15.1. The van der Waals surface area contributed by atoms with Crippen LogP contribution in [0.2, 0.25) is 0 Å². The molecule has 0 aromatic carbocycles. The van der Waals surface area contributed by atoms with E-state index in [2.05, 4.69) is 30.7 Å². The quantitative estimate of drug-likeness (QED) is 0.581. The molecule has 0 bridgehead atoms. The third kappa shape index (κ3) is 2.68. The minimum Gasteiger partial charge on any atom is -0.382 e. The van der Waals surface area contributed by atoms with Crippen LogP contribution in [0.5, 0.6) is 0 Å². The van der Waals surface area contributed by atoms with Gasteiger partial charge in [0.05, 0.1) is 0 Å². The van der Waals surface area contributed by atoms with Crippen molar-refractivity contribution in [1.82, 2.24) is 4.98 Å². The van der Waals surface area contributed by atoms with E-state index in [4.69, 9.17) is 11.1 Å². The lowest BCUT2D eigenvalue weighted by Crippen LogP contribution is -2.30. The van der Waals surface area contributed by atoms with Gasteiger partial charge in [-0.2, -0.15) is 0 Å². The van der Waals surface area contributed by atoms with Crippen molar-refractivity contribution in [3.8, 4) is 0 Å². The van der Waals surface area contributed by atoms with Crippen molar-refractivity contribution in [3.63, 3.8) is 0 Å². The van der Waals surface area contributed by atoms with Crippen LogP contribution in [0.4, 0.5) is 5.69 Å². The molecular formula is C11H18N4. The summed E-state index contributed by atoms with van der Waals surface area (Å²) in [5.41, 5.74) is 7.00. The molecule has 0 atom stereocenters. The Labute approximate surface area is 90.6 Å². The molecule has 1 heterocycles. The van der Waals surface area contributed by atoms with Crippen LogP contribution in [0.15, 0.2) is 18.3 Å². The van der Waals surface area contributed by atoms with Crippen molar-refractivity contribution in [2.45, 2.75) is 26.8 Å². The molecule has 1 rings (SSSR count). The van der Waals surface area contributed by atoms with Crippen LogP contribution < -0.4 is 10.6 Å². The van der Waals surface area contributed by atoms with Gasteiger partial charge in [0.1, 0.15) is 11.5 Å². The summed E-state index contributed by atoms with van der Waals surface area (Å²) in [5.74, 6) is 0.0108. The number of nitrogens with two attached hydrogens (primary N) is 1. The smallest absolute Gasteiger partial charge is 0.141 e. The molecule has 0 aliphatic rings. The van der Waals surface area contributed by atoms with Gasteiger partial charge in [-0.05, 0) is 32.9 Å². The SMILES string of the molecule is CCN(c1ccnc(C(=N)N)c1)C(C)C. The van der Waals surface area contributed by atoms with Crippen LogP contribution in [0, 0.1) is 5.41 Å². The Morgan fingerprint density at radius 1 is 1.60 bits per heavy atom. The van der Waals surface area contributed by atoms with Gasteiger partial charge in [-0.25, -0.2) is 0 Å². The highest BCUT2D eigenvalue weighted by Gasteiger charge is 2.09. The van der Waals surface area contributed by atoms with E-state index in [9.17, 15) is 0 Å². The van der Waals surface area contributed by atoms with Crippen LogP contribution in [0.1, 0.15) is 26.5 Å². The summed E-state index contributed by atoms with van der Waals surface area (Å²) in [4.78, 5) is 6.27. The first-order chi connectivity index (χ1) is 7.06. The Hall–Kier alpha value is -1.58. The molecule has 0 radical (unpaired) electrons. The highest BCUT2D eigenvalue weighted by Crippen LogP contribution is 2.16. The molecule has 3 N–H and O–H groups in total. The summed E-state index contributed by atoms with van der Waals surface area (Å²) in [6.45, 7) is 7.31. The Morgan fingerprint density at radius 2 is 2.27 bits per heavy atom. The lowest BCUT2D eigenvalue weighted by atomic mass is 10.2. The van der Waals surface area contributed by atoms with Crippen molar-refractivity contribution in [1.29, 1.82) is 5.41 Å². The number of hydrogen-bond acceptors (Lipinski definition) is 3. The third-order valence-corrected chi connectivity index (χ3v) is 2.32. The fourth-order valence-corrected chi connectivity index (χ4v) is 1.59. The van der Waals surface area contributed by atoms with Crippen LogP contribution >= 0.6 is 0 Å². The molecule has 0 aliphatic heterocycles. The largest absolute Gasteiger partial charge is 0.382 e. The van der Waals surface area contributed by atoms with Gasteiger partial charge in [0.25, 0.3) is 0 Å². The van der Waals surface area contributed by atoms with Gasteiger partial charge in [0.2, 0.25) is 0 Å². The first-order valence-corrected chi connectivity index (χ1v) is 5.13. The molecule has 82 valence electrons. The van der Waals surface area contributed by atoms with Crippen LogP contribution in [0.3, 0.4) is 0 Å². The summed E-state index contributed by atoms with van der Waals surface area (Å²) < 4.78 is 0. The number of nitrogens with one attached hydrogen (secondary N) is 1. The highest BCUT2D eigenvalue weighted by molar-refractivity contribution is 5.93. The average Bonchev–Trinajstić information content (AvgIpc) is 2.18. The second-order valence-electron chi connectivity index (χ2n) is 3.69. The van der Waals surface area contributed by atoms with Crippen molar-refractivity contribution in [3.05, 3.63) is 24.0 Å². The van der Waals surface area contributed by atoms with Crippen molar-refractivity contribution in [2.75, 3.05) is 11.4 Å². The molecule has 0 fully saturated rings. The van der Waals surface area contributed by atoms with Gasteiger partial charge in [0, 0.05) is 24.5 Å². The lowest BCUT2D eigenvalue weighted by molar-refractivity contribution is 0.703. The average molecular weight is 206 g/mol. The second kappa shape index (κ2) is 4.77. The number of nitrogen functional groups attached to an aromatic ring is 1.